The quantitative estimate of drug-likeness (QED) is 0.544. The van der Waals surface area contributed by atoms with Crippen LogP contribution >= 0.6 is 11.3 Å². The minimum atomic E-state index is -1.02. The molecule has 0 spiro atoms. The van der Waals surface area contributed by atoms with Crippen LogP contribution in [0.25, 0.3) is 16.3 Å². The fourth-order valence-electron chi connectivity index (χ4n) is 2.18. The highest BCUT2D eigenvalue weighted by Crippen LogP contribution is 2.22. The van der Waals surface area contributed by atoms with Crippen LogP contribution in [0.2, 0.25) is 0 Å². The molecule has 1 N–H and O–H groups in total. The van der Waals surface area contributed by atoms with Crippen LogP contribution in [0.1, 0.15) is 11.9 Å². The summed E-state index contributed by atoms with van der Waals surface area (Å²) in [6, 6.07) is 13.1. The molecular weight excluding hydrogens is 355 g/mol. The van der Waals surface area contributed by atoms with E-state index in [-0.39, 0.29) is 0 Å². The topological polar surface area (TPSA) is 68.3 Å². The van der Waals surface area contributed by atoms with E-state index in [0.717, 1.165) is 10.2 Å². The third-order valence-electron chi connectivity index (χ3n) is 3.43. The Bertz CT molecular complexity index is 951. The summed E-state index contributed by atoms with van der Waals surface area (Å²) < 4.78 is 19.2. The molecule has 0 radical (unpaired) electrons. The number of nitrogens with zero attached hydrogens (tertiary/aromatic N) is 1. The summed E-state index contributed by atoms with van der Waals surface area (Å²) in [5.74, 6) is -1.67. The number of amides is 1. The lowest BCUT2D eigenvalue weighted by atomic mass is 10.3. The molecule has 1 atom stereocenters. The molecule has 0 aliphatic carbocycles. The van der Waals surface area contributed by atoms with Crippen LogP contribution in [-0.2, 0) is 14.3 Å². The number of fused-ring (bicyclic) bond motifs is 1. The summed E-state index contributed by atoms with van der Waals surface area (Å²) in [5, 5.41) is 3.16. The van der Waals surface area contributed by atoms with E-state index in [4.69, 9.17) is 4.74 Å². The van der Waals surface area contributed by atoms with Gasteiger partial charge in [-0.1, -0.05) is 18.2 Å². The zero-order valence-electron chi connectivity index (χ0n) is 13.8. The molecule has 0 saturated heterocycles. The van der Waals surface area contributed by atoms with Gasteiger partial charge >= 0.3 is 5.97 Å². The van der Waals surface area contributed by atoms with Gasteiger partial charge in [0.05, 0.1) is 10.2 Å². The van der Waals surface area contributed by atoms with Crippen molar-refractivity contribution in [3.8, 4) is 0 Å². The van der Waals surface area contributed by atoms with Crippen molar-refractivity contribution in [1.82, 2.24) is 4.98 Å². The van der Waals surface area contributed by atoms with Gasteiger partial charge in [0.25, 0.3) is 5.91 Å². The number of halogens is 1. The Labute approximate surface area is 153 Å². The maximum atomic E-state index is 13.1. The van der Waals surface area contributed by atoms with Crippen molar-refractivity contribution in [3.05, 3.63) is 65.4 Å². The first kappa shape index (κ1) is 17.8. The van der Waals surface area contributed by atoms with Crippen LogP contribution in [0.4, 0.5) is 10.1 Å². The molecule has 7 heteroatoms. The van der Waals surface area contributed by atoms with Crippen LogP contribution in [0.3, 0.4) is 0 Å². The Morgan fingerprint density at radius 3 is 2.81 bits per heavy atom. The van der Waals surface area contributed by atoms with Crippen LogP contribution in [0, 0.1) is 5.82 Å². The summed E-state index contributed by atoms with van der Waals surface area (Å²) in [5.41, 5.74) is 1.15. The van der Waals surface area contributed by atoms with E-state index >= 15 is 0 Å². The number of carbonyl (C=O) groups is 2. The van der Waals surface area contributed by atoms with Gasteiger partial charge in [0, 0.05) is 11.8 Å². The highest BCUT2D eigenvalue weighted by Gasteiger charge is 2.17. The van der Waals surface area contributed by atoms with Crippen molar-refractivity contribution in [2.45, 2.75) is 13.0 Å². The second-order valence-corrected chi connectivity index (χ2v) is 6.49. The molecule has 0 aliphatic heterocycles. The first-order valence-corrected chi connectivity index (χ1v) is 8.63. The van der Waals surface area contributed by atoms with E-state index in [1.807, 2.05) is 24.3 Å². The molecule has 2 aromatic carbocycles. The zero-order valence-corrected chi connectivity index (χ0v) is 14.6. The Morgan fingerprint density at radius 2 is 2.04 bits per heavy atom. The number of ether oxygens (including phenoxy) is 1. The van der Waals surface area contributed by atoms with Gasteiger partial charge < -0.3 is 10.1 Å². The van der Waals surface area contributed by atoms with Crippen molar-refractivity contribution < 1.29 is 18.7 Å². The number of thiazole rings is 1. The number of benzene rings is 2. The molecule has 1 aromatic heterocycles. The molecule has 0 aliphatic rings. The van der Waals surface area contributed by atoms with E-state index < -0.39 is 23.8 Å². The lowest BCUT2D eigenvalue weighted by Gasteiger charge is -2.12. The van der Waals surface area contributed by atoms with Crippen LogP contribution in [0.15, 0.2) is 54.6 Å². The molecule has 3 rings (SSSR count). The molecule has 132 valence electrons. The standard InChI is InChI=1S/C19H15FN2O3S/c1-12(19(24)21-14-6-4-5-13(20)11-14)25-18(23)10-9-17-22-15-7-2-3-8-16(15)26-17/h2-12H,1H3,(H,21,24)/b10-9+/t12-/m1/s1. The van der Waals surface area contributed by atoms with E-state index in [9.17, 15) is 14.0 Å². The summed E-state index contributed by atoms with van der Waals surface area (Å²) >= 11 is 1.45. The van der Waals surface area contributed by atoms with E-state index in [0.29, 0.717) is 10.7 Å². The van der Waals surface area contributed by atoms with Crippen molar-refractivity contribution in [1.29, 1.82) is 0 Å². The molecule has 3 aromatic rings. The molecule has 1 amide bonds. The van der Waals surface area contributed by atoms with Gasteiger partial charge in [-0.2, -0.15) is 0 Å². The first-order valence-electron chi connectivity index (χ1n) is 7.82. The van der Waals surface area contributed by atoms with Gasteiger partial charge in [-0.05, 0) is 43.3 Å². The number of hydrogen-bond donors (Lipinski definition) is 1. The van der Waals surface area contributed by atoms with Crippen molar-refractivity contribution in [2.75, 3.05) is 5.32 Å². The van der Waals surface area contributed by atoms with Gasteiger partial charge in [-0.15, -0.1) is 11.3 Å². The van der Waals surface area contributed by atoms with Crippen molar-refractivity contribution in [2.24, 2.45) is 0 Å². The molecule has 0 saturated carbocycles. The van der Waals surface area contributed by atoms with E-state index in [1.165, 1.54) is 42.5 Å². The zero-order chi connectivity index (χ0) is 18.5. The Kier molecular flexibility index (Phi) is 5.38. The number of nitrogens with one attached hydrogen (secondary N) is 1. The lowest BCUT2D eigenvalue weighted by molar-refractivity contribution is -0.148. The molecule has 0 bridgehead atoms. The van der Waals surface area contributed by atoms with Crippen LogP contribution < -0.4 is 5.32 Å². The maximum Gasteiger partial charge on any atom is 0.331 e. The number of para-hydroxylation sites is 1. The Hall–Kier alpha value is -3.06. The normalized spacial score (nSPS) is 12.2. The average Bonchev–Trinajstić information content (AvgIpc) is 3.03. The van der Waals surface area contributed by atoms with E-state index in [2.05, 4.69) is 10.3 Å². The second-order valence-electron chi connectivity index (χ2n) is 5.43. The molecule has 0 fully saturated rings. The van der Waals surface area contributed by atoms with Gasteiger partial charge in [-0.3, -0.25) is 4.79 Å². The van der Waals surface area contributed by atoms with Crippen molar-refractivity contribution in [3.63, 3.8) is 0 Å². The average molecular weight is 370 g/mol. The maximum absolute atomic E-state index is 13.1. The van der Waals surface area contributed by atoms with E-state index in [1.54, 1.807) is 12.1 Å². The minimum absolute atomic E-state index is 0.294. The largest absolute Gasteiger partial charge is 0.449 e. The molecule has 0 unspecified atom stereocenters. The lowest BCUT2D eigenvalue weighted by Crippen LogP contribution is -2.29. The summed E-state index contributed by atoms with van der Waals surface area (Å²) in [6.07, 6.45) is 1.75. The second kappa shape index (κ2) is 7.88. The fourth-order valence-corrected chi connectivity index (χ4v) is 3.05. The van der Waals surface area contributed by atoms with Gasteiger partial charge in [0.1, 0.15) is 10.8 Å². The van der Waals surface area contributed by atoms with Gasteiger partial charge in [0.15, 0.2) is 6.10 Å². The number of carbonyl (C=O) groups excluding carboxylic acids is 2. The fraction of sp³-hybridized carbons (Fsp3) is 0.105. The first-order chi connectivity index (χ1) is 12.5. The molecular formula is C19H15FN2O3S. The number of rotatable bonds is 5. The van der Waals surface area contributed by atoms with Crippen molar-refractivity contribution >= 4 is 45.2 Å². The predicted octanol–water partition coefficient (Wildman–Crippen LogP) is 4.02. The van der Waals surface area contributed by atoms with Gasteiger partial charge in [-0.25, -0.2) is 14.2 Å². The third-order valence-corrected chi connectivity index (χ3v) is 4.43. The number of hydrogen-bond acceptors (Lipinski definition) is 5. The van der Waals surface area contributed by atoms with Gasteiger partial charge in [0.2, 0.25) is 0 Å². The summed E-state index contributed by atoms with van der Waals surface area (Å²) in [7, 11) is 0. The summed E-state index contributed by atoms with van der Waals surface area (Å²) in [4.78, 5) is 28.3. The molecule has 5 nitrogen and oxygen atoms in total. The number of aromatic nitrogens is 1. The third kappa shape index (κ3) is 4.52. The van der Waals surface area contributed by atoms with Crippen LogP contribution in [-0.4, -0.2) is 23.0 Å². The Morgan fingerprint density at radius 1 is 1.23 bits per heavy atom. The molecule has 26 heavy (non-hydrogen) atoms. The number of esters is 1. The minimum Gasteiger partial charge on any atom is -0.449 e. The summed E-state index contributed by atoms with van der Waals surface area (Å²) in [6.45, 7) is 1.44. The monoisotopic (exact) mass is 370 g/mol. The Balaban J connectivity index is 1.57. The van der Waals surface area contributed by atoms with Crippen LogP contribution in [0.5, 0.6) is 0 Å². The molecule has 1 heterocycles. The predicted molar refractivity (Wildman–Crippen MR) is 99.2 cm³/mol. The highest BCUT2D eigenvalue weighted by atomic mass is 32.1. The SMILES string of the molecule is C[C@@H](OC(=O)/C=C/c1nc2ccccc2s1)C(=O)Nc1cccc(F)c1. The highest BCUT2D eigenvalue weighted by molar-refractivity contribution is 7.19. The number of anilines is 1. The smallest absolute Gasteiger partial charge is 0.331 e.